The summed E-state index contributed by atoms with van der Waals surface area (Å²) in [4.78, 5) is 10.7. The quantitative estimate of drug-likeness (QED) is 0.869. The maximum atomic E-state index is 12.4. The molecule has 0 atom stereocenters. The Labute approximate surface area is 137 Å². The lowest BCUT2D eigenvalue weighted by atomic mass is 10.2. The fraction of sp³-hybridized carbons (Fsp3) is 0.0714. The number of hydrogen-bond donors (Lipinski definition) is 2. The first-order valence-corrected chi connectivity index (χ1v) is 8.27. The van der Waals surface area contributed by atoms with Gasteiger partial charge in [-0.2, -0.15) is 0 Å². The van der Waals surface area contributed by atoms with E-state index in [1.165, 1.54) is 12.1 Å². The van der Waals surface area contributed by atoms with Crippen molar-refractivity contribution in [2.75, 3.05) is 4.72 Å². The molecule has 0 aliphatic carbocycles. The predicted octanol–water partition coefficient (Wildman–Crippen LogP) is 3.80. The molecule has 0 amide bonds. The molecule has 2 rings (SSSR count). The van der Waals surface area contributed by atoms with Gasteiger partial charge in [0.1, 0.15) is 4.90 Å². The van der Waals surface area contributed by atoms with Crippen LogP contribution in [0.5, 0.6) is 0 Å². The highest BCUT2D eigenvalue weighted by atomic mass is 35.5. The number of halogens is 2. The van der Waals surface area contributed by atoms with E-state index in [1.54, 1.807) is 25.1 Å². The molecular weight excluding hydrogens is 349 g/mol. The molecule has 22 heavy (non-hydrogen) atoms. The van der Waals surface area contributed by atoms with Gasteiger partial charge in [-0.05, 0) is 42.8 Å². The molecule has 2 N–H and O–H groups in total. The number of benzene rings is 2. The summed E-state index contributed by atoms with van der Waals surface area (Å²) in [6.45, 7) is 1.66. The first kappa shape index (κ1) is 16.6. The summed E-state index contributed by atoms with van der Waals surface area (Å²) in [5.41, 5.74) is 0.676. The van der Waals surface area contributed by atoms with Crippen LogP contribution in [0.1, 0.15) is 15.9 Å². The molecule has 0 saturated heterocycles. The summed E-state index contributed by atoms with van der Waals surface area (Å²) < 4.78 is 27.2. The normalized spacial score (nSPS) is 11.2. The molecule has 116 valence electrons. The van der Waals surface area contributed by atoms with Crippen LogP contribution in [0.3, 0.4) is 0 Å². The van der Waals surface area contributed by atoms with Crippen molar-refractivity contribution >= 4 is 44.9 Å². The fourth-order valence-corrected chi connectivity index (χ4v) is 3.58. The first-order valence-electron chi connectivity index (χ1n) is 6.03. The van der Waals surface area contributed by atoms with Crippen molar-refractivity contribution in [1.82, 2.24) is 0 Å². The van der Waals surface area contributed by atoms with Crippen molar-refractivity contribution in [2.24, 2.45) is 0 Å². The summed E-state index contributed by atoms with van der Waals surface area (Å²) in [5.74, 6) is -1.24. The van der Waals surface area contributed by atoms with E-state index in [2.05, 4.69) is 4.72 Å². The van der Waals surface area contributed by atoms with E-state index in [9.17, 15) is 13.2 Å². The Morgan fingerprint density at radius 2 is 1.82 bits per heavy atom. The van der Waals surface area contributed by atoms with Crippen molar-refractivity contribution in [3.63, 3.8) is 0 Å². The first-order chi connectivity index (χ1) is 10.2. The second-order valence-electron chi connectivity index (χ2n) is 4.47. The second-order valence-corrected chi connectivity index (χ2v) is 6.93. The van der Waals surface area contributed by atoms with Gasteiger partial charge in [0.25, 0.3) is 10.0 Å². The molecule has 0 bridgehead atoms. The van der Waals surface area contributed by atoms with Gasteiger partial charge in [0, 0.05) is 5.02 Å². The number of hydrogen-bond acceptors (Lipinski definition) is 3. The lowest BCUT2D eigenvalue weighted by molar-refractivity contribution is 0.0696. The topological polar surface area (TPSA) is 83.5 Å². The summed E-state index contributed by atoms with van der Waals surface area (Å²) >= 11 is 11.8. The summed E-state index contributed by atoms with van der Waals surface area (Å²) in [5, 5.41) is 9.30. The van der Waals surface area contributed by atoms with Crippen LogP contribution in [-0.4, -0.2) is 19.5 Å². The lowest BCUT2D eigenvalue weighted by Crippen LogP contribution is -2.15. The largest absolute Gasteiger partial charge is 0.478 e. The van der Waals surface area contributed by atoms with Crippen LogP contribution < -0.4 is 4.72 Å². The van der Waals surface area contributed by atoms with Gasteiger partial charge in [-0.25, -0.2) is 13.2 Å². The van der Waals surface area contributed by atoms with Crippen LogP contribution in [0.15, 0.2) is 41.3 Å². The van der Waals surface area contributed by atoms with Gasteiger partial charge in [0.2, 0.25) is 0 Å². The molecule has 8 heteroatoms. The van der Waals surface area contributed by atoms with Gasteiger partial charge in [-0.1, -0.05) is 29.3 Å². The molecule has 2 aromatic rings. The molecule has 0 saturated carbocycles. The Kier molecular flexibility index (Phi) is 4.65. The number of carboxylic acid groups (broad SMARTS) is 1. The molecule has 5 nitrogen and oxygen atoms in total. The minimum Gasteiger partial charge on any atom is -0.478 e. The third kappa shape index (κ3) is 3.35. The molecular formula is C14H11Cl2NO4S. The number of nitrogens with one attached hydrogen (secondary N) is 1. The number of carbonyl (C=O) groups is 1. The Balaban J connectivity index is 2.49. The smallest absolute Gasteiger partial charge is 0.335 e. The van der Waals surface area contributed by atoms with Gasteiger partial charge in [-0.15, -0.1) is 0 Å². The van der Waals surface area contributed by atoms with E-state index in [0.29, 0.717) is 16.3 Å². The van der Waals surface area contributed by atoms with Crippen molar-refractivity contribution in [3.05, 3.63) is 57.6 Å². The van der Waals surface area contributed by atoms with Crippen molar-refractivity contribution in [3.8, 4) is 0 Å². The fourth-order valence-electron chi connectivity index (χ4n) is 1.76. The number of carboxylic acids is 1. The average Bonchev–Trinajstić information content (AvgIpc) is 2.43. The van der Waals surface area contributed by atoms with E-state index in [1.807, 2.05) is 0 Å². The van der Waals surface area contributed by atoms with Gasteiger partial charge in [0.05, 0.1) is 16.3 Å². The van der Waals surface area contributed by atoms with Crippen molar-refractivity contribution in [2.45, 2.75) is 11.8 Å². The Hall–Kier alpha value is -1.76. The monoisotopic (exact) mass is 359 g/mol. The van der Waals surface area contributed by atoms with E-state index >= 15 is 0 Å². The molecule has 2 aromatic carbocycles. The van der Waals surface area contributed by atoms with Crippen LogP contribution in [0.25, 0.3) is 0 Å². The third-order valence-corrected chi connectivity index (χ3v) is 5.24. The van der Waals surface area contributed by atoms with Crippen LogP contribution in [0.2, 0.25) is 10.0 Å². The Bertz CT molecular complexity index is 850. The highest BCUT2D eigenvalue weighted by molar-refractivity contribution is 7.92. The lowest BCUT2D eigenvalue weighted by Gasteiger charge is -2.12. The zero-order chi connectivity index (χ0) is 16.5. The van der Waals surface area contributed by atoms with Crippen LogP contribution in [-0.2, 0) is 10.0 Å². The van der Waals surface area contributed by atoms with E-state index in [-0.39, 0.29) is 15.5 Å². The number of sulfonamides is 1. The Morgan fingerprint density at radius 3 is 2.45 bits per heavy atom. The number of aromatic carboxylic acids is 1. The minimum absolute atomic E-state index is 0.0721. The summed E-state index contributed by atoms with van der Waals surface area (Å²) in [7, 11) is -4.04. The zero-order valence-electron chi connectivity index (χ0n) is 11.3. The van der Waals surface area contributed by atoms with Crippen LogP contribution in [0, 0.1) is 6.92 Å². The maximum absolute atomic E-state index is 12.4. The molecule has 0 aliphatic rings. The molecule has 0 spiro atoms. The standard InChI is InChI=1S/C14H11Cl2NO4S/c1-8-10(15)3-2-4-12(8)17-22(20,21)13-7-9(14(18)19)5-6-11(13)16/h2-7,17H,1H3,(H,18,19). The molecule has 0 aliphatic heterocycles. The van der Waals surface area contributed by atoms with E-state index < -0.39 is 16.0 Å². The molecule has 0 heterocycles. The van der Waals surface area contributed by atoms with Crippen LogP contribution >= 0.6 is 23.2 Å². The predicted molar refractivity (Wildman–Crippen MR) is 85.4 cm³/mol. The summed E-state index contributed by atoms with van der Waals surface area (Å²) in [6, 6.07) is 8.24. The second kappa shape index (κ2) is 6.16. The Morgan fingerprint density at radius 1 is 1.14 bits per heavy atom. The molecule has 0 radical (unpaired) electrons. The molecule has 0 fully saturated rings. The van der Waals surface area contributed by atoms with Crippen LogP contribution in [0.4, 0.5) is 5.69 Å². The highest BCUT2D eigenvalue weighted by Crippen LogP contribution is 2.28. The summed E-state index contributed by atoms with van der Waals surface area (Å²) in [6.07, 6.45) is 0. The number of anilines is 1. The van der Waals surface area contributed by atoms with E-state index in [0.717, 1.165) is 6.07 Å². The third-order valence-electron chi connectivity index (χ3n) is 2.98. The maximum Gasteiger partial charge on any atom is 0.335 e. The van der Waals surface area contributed by atoms with Gasteiger partial charge in [-0.3, -0.25) is 4.72 Å². The van der Waals surface area contributed by atoms with Crippen molar-refractivity contribution in [1.29, 1.82) is 0 Å². The molecule has 0 aromatic heterocycles. The average molecular weight is 360 g/mol. The number of rotatable bonds is 4. The van der Waals surface area contributed by atoms with Gasteiger partial charge >= 0.3 is 5.97 Å². The SMILES string of the molecule is Cc1c(Cl)cccc1NS(=O)(=O)c1cc(C(=O)O)ccc1Cl. The van der Waals surface area contributed by atoms with Gasteiger partial charge in [0.15, 0.2) is 0 Å². The zero-order valence-corrected chi connectivity index (χ0v) is 13.6. The van der Waals surface area contributed by atoms with Gasteiger partial charge < -0.3 is 5.11 Å². The van der Waals surface area contributed by atoms with E-state index in [4.69, 9.17) is 28.3 Å². The minimum atomic E-state index is -4.04. The van der Waals surface area contributed by atoms with Crippen molar-refractivity contribution < 1.29 is 18.3 Å². The molecule has 0 unspecified atom stereocenters. The highest BCUT2D eigenvalue weighted by Gasteiger charge is 2.21.